The number of carbonyl (C=O) groups excluding carboxylic acids is 1. The molecular formula is C84H101ClF2N26O9S4. The molecule has 7 N–H and O–H groups in total. The Labute approximate surface area is 741 Å². The fraction of sp³-hybridized carbons (Fsp3) is 0.464. The van der Waals surface area contributed by atoms with Gasteiger partial charge in [-0.2, -0.15) is 19.9 Å². The minimum atomic E-state index is -1.15. The van der Waals surface area contributed by atoms with E-state index in [9.17, 15) is 45.7 Å². The summed E-state index contributed by atoms with van der Waals surface area (Å²) in [6, 6.07) is 17.9. The molecule has 8 aromatic heterocycles. The first-order valence-electron chi connectivity index (χ1n) is 42.2. The highest BCUT2D eigenvalue weighted by molar-refractivity contribution is 7.86. The summed E-state index contributed by atoms with van der Waals surface area (Å²) in [4.78, 5) is 69.4. The van der Waals surface area contributed by atoms with Crippen LogP contribution in [0.4, 0.5) is 61.5 Å². The van der Waals surface area contributed by atoms with Gasteiger partial charge in [0.25, 0.3) is 0 Å². The second-order valence-electron chi connectivity index (χ2n) is 32.7. The van der Waals surface area contributed by atoms with Crippen molar-refractivity contribution >= 4 is 114 Å². The van der Waals surface area contributed by atoms with Crippen molar-refractivity contribution in [1.82, 2.24) is 88.5 Å². The number of imidazole rings is 2. The zero-order valence-corrected chi connectivity index (χ0v) is 75.1. The van der Waals surface area contributed by atoms with Crippen LogP contribution in [0.5, 0.6) is 0 Å². The second kappa shape index (κ2) is 38.8. The van der Waals surface area contributed by atoms with Crippen LogP contribution in [-0.4, -0.2) is 220 Å². The molecule has 0 spiro atoms. The highest BCUT2D eigenvalue weighted by atomic mass is 35.5. The zero-order chi connectivity index (χ0) is 88.3. The van der Waals surface area contributed by atoms with Gasteiger partial charge >= 0.3 is 5.97 Å². The van der Waals surface area contributed by atoms with E-state index in [1.807, 2.05) is 85.7 Å². The van der Waals surface area contributed by atoms with E-state index in [0.717, 1.165) is 93.2 Å². The number of esters is 1. The molecule has 0 aliphatic carbocycles. The summed E-state index contributed by atoms with van der Waals surface area (Å²) >= 11 is 6.30. The van der Waals surface area contributed by atoms with Gasteiger partial charge in [0.1, 0.15) is 66.1 Å². The molecule has 0 amide bonds. The topological polar surface area (TPSA) is 417 Å². The highest BCUT2D eigenvalue weighted by Gasteiger charge is 2.37. The minimum absolute atomic E-state index is 0.0276. The Hall–Kier alpha value is -10.8. The number of hydrogen-bond acceptors (Lipinski definition) is 31. The molecule has 666 valence electrons. The lowest BCUT2D eigenvalue weighted by molar-refractivity contribution is 0.0519. The van der Waals surface area contributed by atoms with Gasteiger partial charge in [0.2, 0.25) is 23.8 Å². The third kappa shape index (κ3) is 19.4. The fourth-order valence-corrected chi connectivity index (χ4v) is 21.3. The van der Waals surface area contributed by atoms with E-state index >= 15 is 0 Å². The lowest BCUT2D eigenvalue weighted by Gasteiger charge is -2.29. The number of nitrogens with one attached hydrogen (secondary N) is 4. The van der Waals surface area contributed by atoms with Crippen LogP contribution < -0.4 is 40.9 Å². The van der Waals surface area contributed by atoms with Gasteiger partial charge < -0.3 is 79.2 Å². The first-order chi connectivity index (χ1) is 60.8. The predicted octanol–water partition coefficient (Wildman–Crippen LogP) is 7.92. The number of rotatable bonds is 23. The molecule has 0 saturated carbocycles. The van der Waals surface area contributed by atoms with Crippen LogP contribution in [0.15, 0.2) is 105 Å². The van der Waals surface area contributed by atoms with Gasteiger partial charge in [-0.3, -0.25) is 16.8 Å². The molecule has 0 bridgehead atoms. The summed E-state index contributed by atoms with van der Waals surface area (Å²) in [6.45, 7) is 23.7. The highest BCUT2D eigenvalue weighted by Crippen LogP contribution is 2.38. The monoisotopic (exact) mass is 1820 g/mol. The number of aliphatic hydroxyl groups is 3. The molecule has 42 heteroatoms. The first kappa shape index (κ1) is 88.6. The van der Waals surface area contributed by atoms with Gasteiger partial charge in [-0.05, 0) is 91.3 Å². The van der Waals surface area contributed by atoms with Gasteiger partial charge in [0.15, 0.2) is 29.0 Å². The number of aliphatic hydroxyl groups excluding tert-OH is 3. The largest absolute Gasteiger partial charge is 0.461 e. The first-order valence-corrected chi connectivity index (χ1v) is 47.9. The third-order valence-electron chi connectivity index (χ3n) is 23.2. The normalized spacial score (nSPS) is 18.3. The van der Waals surface area contributed by atoms with Crippen molar-refractivity contribution < 1.29 is 50.5 Å². The van der Waals surface area contributed by atoms with Crippen molar-refractivity contribution in [3.05, 3.63) is 171 Å². The Balaban J connectivity index is 0.000000124. The molecule has 7 atom stereocenters. The molecule has 3 aromatic carbocycles. The van der Waals surface area contributed by atoms with Crippen LogP contribution >= 0.6 is 11.6 Å². The van der Waals surface area contributed by atoms with E-state index in [-0.39, 0.29) is 67.3 Å². The number of fused-ring (bicyclic) bond motifs is 8. The standard InChI is InChI=1S/C24H30ClN7O2S.C22H26FN7O2S.C20H28N6O4S.C18H17FN6OS/c1-14(2)19(13-33)26-23-22-18(6-9-35(22)34)27-24(28-23)31-7-8-32-20(29-30-21(32)12-31)11-16-5-4-15(3)17(25)10-16;1-13(2)17(12-31)24-20-19-16(7-10-33(19)32)25-22(26-20)29-8-9-30-18(11-29)27-28-21(30)14-3-5-15(23)6-4-14;1-4-30-19(28)14-9-25-6-7-26(10-16(25)21-14)20-23-13-5-8-31(29)17(13)18(24-20)22-15(11-27)12(2)3;19-12-2-1-3-13(10-12)21-17-16-14(4-9-27(16)26)22-18(23-17)25-8-7-24-6-5-20-15(24)11-25/h4-5,10,14,19,33H,6-9,11-13H2,1-3H3,(H,26,27,28);3-6,13,17,31H,7-12H2,1-2H3,(H,24,25,26);9,12,15,27H,4-8,10-11H2,1-3H3,(H,22,23,24);1-3,5-6,10H,4,7-9,11H2,(H,21,22,23)/t19-,35?;17-,33?;15-,31?;/m000./s1. The number of nitrogens with zero attached hydrogens (tertiary/aromatic N) is 22. The molecule has 0 radical (unpaired) electrons. The van der Waals surface area contributed by atoms with Gasteiger partial charge in [0.05, 0.1) is 137 Å². The summed E-state index contributed by atoms with van der Waals surface area (Å²) in [6.07, 6.45) is 8.73. The Kier molecular flexibility index (Phi) is 27.3. The molecule has 4 unspecified atom stereocenters. The lowest BCUT2D eigenvalue weighted by Crippen LogP contribution is -2.36. The van der Waals surface area contributed by atoms with E-state index in [1.54, 1.807) is 43.6 Å². The lowest BCUT2D eigenvalue weighted by atomic mass is 10.1. The molecule has 8 aliphatic rings. The Bertz CT molecular complexity index is 5960. The molecule has 8 aliphatic heterocycles. The SMILES string of the molecule is CC(C)[C@H](CO)Nc1nc(N2CCn3c(nnc3-c3ccc(F)cc3)C2)nc2c1S(=O)CC2.CCOC(=O)c1cn2c(n1)CN(c1nc3c(c(N[C@@H](CO)C(C)C)n1)S(=O)CC3)CC2.Cc1ccc(Cc2nnc3n2CCN(c2nc4c(c(N[C@@H](CO)C(C)C)n2)S(=O)CC4)C3)cc1Cl.O=S1CCc2nc(N3CCn4ccnc4C3)nc(Nc3cccc(F)c3)c21. The van der Waals surface area contributed by atoms with Crippen molar-refractivity contribution in [2.45, 2.75) is 178 Å². The molecular weight excluding hydrogens is 1720 g/mol. The van der Waals surface area contributed by atoms with Gasteiger partial charge in [0, 0.05) is 142 Å². The number of halogens is 3. The maximum Gasteiger partial charge on any atom is 0.358 e. The number of anilines is 9. The summed E-state index contributed by atoms with van der Waals surface area (Å²) in [5, 5.41) is 60.7. The van der Waals surface area contributed by atoms with Crippen molar-refractivity contribution in [3.63, 3.8) is 0 Å². The summed E-state index contributed by atoms with van der Waals surface area (Å²) < 4.78 is 90.4. The Morgan fingerprint density at radius 1 is 0.508 bits per heavy atom. The quantitative estimate of drug-likeness (QED) is 0.0299. The van der Waals surface area contributed by atoms with Crippen molar-refractivity contribution in [3.8, 4) is 11.4 Å². The summed E-state index contributed by atoms with van der Waals surface area (Å²) in [7, 11) is -4.58. The van der Waals surface area contributed by atoms with Crippen LogP contribution in [0.25, 0.3) is 11.4 Å². The van der Waals surface area contributed by atoms with Crippen molar-refractivity contribution in [2.24, 2.45) is 17.8 Å². The number of carbonyl (C=O) groups is 1. The number of hydrogen-bond donors (Lipinski definition) is 7. The average molecular weight is 1820 g/mol. The second-order valence-corrected chi connectivity index (χ2v) is 39.1. The molecule has 126 heavy (non-hydrogen) atoms. The third-order valence-corrected chi connectivity index (χ3v) is 29.5. The van der Waals surface area contributed by atoms with Crippen LogP contribution in [0.1, 0.15) is 122 Å². The van der Waals surface area contributed by atoms with E-state index in [4.69, 9.17) is 46.2 Å². The van der Waals surface area contributed by atoms with E-state index in [0.29, 0.717) is 204 Å². The average Bonchev–Trinajstić information content (AvgIpc) is 1.60. The number of ether oxygens (including phenoxy) is 1. The van der Waals surface area contributed by atoms with Gasteiger partial charge in [-0.25, -0.2) is 43.5 Å². The molecule has 11 aromatic rings. The number of aryl methyl sites for hydroxylation is 5. The summed E-state index contributed by atoms with van der Waals surface area (Å²) in [5.41, 5.74) is 7.04. The number of benzene rings is 3. The maximum atomic E-state index is 13.6. The van der Waals surface area contributed by atoms with Gasteiger partial charge in [-0.1, -0.05) is 71.3 Å². The molecule has 35 nitrogen and oxygen atoms in total. The fourth-order valence-electron chi connectivity index (χ4n) is 15.8. The molecule has 19 rings (SSSR count). The summed E-state index contributed by atoms with van der Waals surface area (Å²) in [5.74, 6) is 11.0. The molecule has 16 heterocycles. The van der Waals surface area contributed by atoms with Crippen LogP contribution in [0.2, 0.25) is 5.02 Å². The van der Waals surface area contributed by atoms with Crippen LogP contribution in [-0.2, 0) is 132 Å². The zero-order valence-electron chi connectivity index (χ0n) is 71.1. The molecule has 0 fully saturated rings. The number of aromatic nitrogens is 18. The van der Waals surface area contributed by atoms with Gasteiger partial charge in [-0.15, -0.1) is 20.4 Å². The van der Waals surface area contributed by atoms with E-state index in [1.165, 1.54) is 24.3 Å². The Morgan fingerprint density at radius 3 is 1.46 bits per heavy atom. The Morgan fingerprint density at radius 2 is 0.968 bits per heavy atom. The van der Waals surface area contributed by atoms with Crippen LogP contribution in [0.3, 0.4) is 0 Å². The van der Waals surface area contributed by atoms with Crippen molar-refractivity contribution in [2.75, 3.05) is 116 Å². The maximum absolute atomic E-state index is 13.6. The van der Waals surface area contributed by atoms with Crippen LogP contribution in [0, 0.1) is 36.3 Å². The minimum Gasteiger partial charge on any atom is -0.461 e. The molecule has 0 saturated heterocycles. The smallest absolute Gasteiger partial charge is 0.358 e. The van der Waals surface area contributed by atoms with Crippen molar-refractivity contribution in [1.29, 1.82) is 0 Å². The van der Waals surface area contributed by atoms with E-state index < -0.39 is 49.2 Å². The predicted molar refractivity (Wildman–Crippen MR) is 475 cm³/mol. The van der Waals surface area contributed by atoms with E-state index in [2.05, 4.69) is 86.6 Å².